The summed E-state index contributed by atoms with van der Waals surface area (Å²) in [7, 11) is 4.15. The molecule has 0 radical (unpaired) electrons. The number of ether oxygens (including phenoxy) is 2. The molecule has 0 heterocycles. The summed E-state index contributed by atoms with van der Waals surface area (Å²) in [5.41, 5.74) is 0. The molecule has 5 nitrogen and oxygen atoms in total. The molecular weight excluding hydrogens is 162 g/mol. The maximum Gasteiger partial charge on any atom is 0.409 e. The van der Waals surface area contributed by atoms with E-state index < -0.39 is 6.09 Å². The second-order valence-electron chi connectivity index (χ2n) is 2.22. The number of esters is 1. The van der Waals surface area contributed by atoms with Crippen molar-refractivity contribution < 1.29 is 19.1 Å². The lowest BCUT2D eigenvalue weighted by Crippen LogP contribution is -2.28. The van der Waals surface area contributed by atoms with E-state index in [-0.39, 0.29) is 12.4 Å². The molecule has 0 aromatic heterocycles. The Hall–Kier alpha value is -1.26. The second kappa shape index (κ2) is 5.40. The molecule has 70 valence electrons. The molecule has 0 fully saturated rings. The molecule has 12 heavy (non-hydrogen) atoms. The van der Waals surface area contributed by atoms with E-state index >= 15 is 0 Å². The number of nitrogens with zero attached hydrogens (tertiary/aromatic N) is 1. The molecule has 0 rings (SSSR count). The first-order valence-corrected chi connectivity index (χ1v) is 3.47. The third-order valence-corrected chi connectivity index (χ3v) is 1.37. The molecular formula is C7H13NO4. The van der Waals surface area contributed by atoms with Gasteiger partial charge in [0.15, 0.2) is 0 Å². The quantitative estimate of drug-likeness (QED) is 0.577. The van der Waals surface area contributed by atoms with Crippen molar-refractivity contribution in [2.75, 3.05) is 27.8 Å². The van der Waals surface area contributed by atoms with Crippen LogP contribution in [0.1, 0.15) is 6.42 Å². The van der Waals surface area contributed by atoms with Gasteiger partial charge in [0.2, 0.25) is 0 Å². The SMILES string of the molecule is COC(=O)CCN(C)C(=O)OC. The summed E-state index contributed by atoms with van der Waals surface area (Å²) in [6.45, 7) is 0.305. The normalized spacial score (nSPS) is 8.92. The first-order valence-electron chi connectivity index (χ1n) is 3.47. The van der Waals surface area contributed by atoms with Crippen LogP contribution in [0.25, 0.3) is 0 Å². The van der Waals surface area contributed by atoms with Crippen LogP contribution in [0.2, 0.25) is 0 Å². The topological polar surface area (TPSA) is 55.8 Å². The second-order valence-corrected chi connectivity index (χ2v) is 2.22. The first-order chi connectivity index (χ1) is 5.61. The number of amides is 1. The smallest absolute Gasteiger partial charge is 0.409 e. The predicted molar refractivity (Wildman–Crippen MR) is 41.7 cm³/mol. The van der Waals surface area contributed by atoms with Gasteiger partial charge < -0.3 is 14.4 Å². The molecule has 5 heteroatoms. The van der Waals surface area contributed by atoms with Crippen molar-refractivity contribution in [1.82, 2.24) is 4.90 Å². The van der Waals surface area contributed by atoms with Gasteiger partial charge in [-0.15, -0.1) is 0 Å². The molecule has 0 aromatic rings. The summed E-state index contributed by atoms with van der Waals surface area (Å²) in [4.78, 5) is 22.7. The zero-order valence-electron chi connectivity index (χ0n) is 7.49. The van der Waals surface area contributed by atoms with Gasteiger partial charge in [0.25, 0.3) is 0 Å². The zero-order valence-corrected chi connectivity index (χ0v) is 7.49. The van der Waals surface area contributed by atoms with Crippen LogP contribution >= 0.6 is 0 Å². The highest BCUT2D eigenvalue weighted by Gasteiger charge is 2.09. The van der Waals surface area contributed by atoms with Gasteiger partial charge in [-0.1, -0.05) is 0 Å². The van der Waals surface area contributed by atoms with E-state index in [1.165, 1.54) is 19.1 Å². The van der Waals surface area contributed by atoms with Crippen LogP contribution in [0.4, 0.5) is 4.79 Å². The summed E-state index contributed by atoms with van der Waals surface area (Å²) in [6, 6.07) is 0. The minimum absolute atomic E-state index is 0.183. The Morgan fingerprint density at radius 3 is 2.25 bits per heavy atom. The zero-order chi connectivity index (χ0) is 9.56. The molecule has 0 spiro atoms. The van der Waals surface area contributed by atoms with Crippen LogP contribution in [0.3, 0.4) is 0 Å². The van der Waals surface area contributed by atoms with Gasteiger partial charge in [-0.2, -0.15) is 0 Å². The summed E-state index contributed by atoms with van der Waals surface area (Å²) in [6.07, 6.45) is -0.277. The average molecular weight is 175 g/mol. The number of carbonyl (C=O) groups excluding carboxylic acids is 2. The van der Waals surface area contributed by atoms with E-state index in [9.17, 15) is 9.59 Å². The molecule has 0 aliphatic rings. The van der Waals surface area contributed by atoms with Crippen molar-refractivity contribution in [1.29, 1.82) is 0 Å². The van der Waals surface area contributed by atoms with Crippen LogP contribution in [0.5, 0.6) is 0 Å². The van der Waals surface area contributed by atoms with Crippen LogP contribution in [0.15, 0.2) is 0 Å². The fourth-order valence-corrected chi connectivity index (χ4v) is 0.608. The molecule has 0 atom stereocenters. The highest BCUT2D eigenvalue weighted by molar-refractivity contribution is 5.71. The summed E-state index contributed by atoms with van der Waals surface area (Å²) in [5, 5.41) is 0. The third kappa shape index (κ3) is 3.80. The first kappa shape index (κ1) is 10.7. The van der Waals surface area contributed by atoms with E-state index in [1.54, 1.807) is 7.05 Å². The number of hydrogen-bond donors (Lipinski definition) is 0. The lowest BCUT2D eigenvalue weighted by Gasteiger charge is -2.13. The van der Waals surface area contributed by atoms with Crippen LogP contribution in [-0.2, 0) is 14.3 Å². The lowest BCUT2D eigenvalue weighted by molar-refractivity contribution is -0.140. The lowest BCUT2D eigenvalue weighted by atomic mass is 10.4. The number of methoxy groups -OCH3 is 2. The van der Waals surface area contributed by atoms with E-state index in [2.05, 4.69) is 9.47 Å². The maximum atomic E-state index is 10.8. The van der Waals surface area contributed by atoms with Crippen LogP contribution in [0, 0.1) is 0 Å². The van der Waals surface area contributed by atoms with Gasteiger partial charge in [-0.3, -0.25) is 4.79 Å². The molecule has 0 saturated carbocycles. The van der Waals surface area contributed by atoms with Crippen LogP contribution in [-0.4, -0.2) is 44.8 Å². The largest absolute Gasteiger partial charge is 0.469 e. The van der Waals surface area contributed by atoms with Crippen molar-refractivity contribution >= 4 is 12.1 Å². The third-order valence-electron chi connectivity index (χ3n) is 1.37. The Bertz CT molecular complexity index is 169. The van der Waals surface area contributed by atoms with Crippen molar-refractivity contribution in [3.8, 4) is 0 Å². The fourth-order valence-electron chi connectivity index (χ4n) is 0.608. The van der Waals surface area contributed by atoms with Crippen molar-refractivity contribution in [3.63, 3.8) is 0 Å². The molecule has 0 aromatic carbocycles. The minimum atomic E-state index is -0.459. The van der Waals surface area contributed by atoms with E-state index in [1.807, 2.05) is 0 Å². The summed E-state index contributed by atoms with van der Waals surface area (Å²) in [5.74, 6) is -0.342. The molecule has 0 N–H and O–H groups in total. The highest BCUT2D eigenvalue weighted by atomic mass is 16.5. The Labute approximate surface area is 71.2 Å². The molecule has 1 amide bonds. The van der Waals surface area contributed by atoms with Gasteiger partial charge in [-0.25, -0.2) is 4.79 Å². The standard InChI is InChI=1S/C7H13NO4/c1-8(7(10)12-3)5-4-6(9)11-2/h4-5H2,1-3H3. The molecule has 0 saturated heterocycles. The Morgan fingerprint density at radius 2 is 1.83 bits per heavy atom. The molecule has 0 aliphatic carbocycles. The molecule has 0 aliphatic heterocycles. The molecule has 0 bridgehead atoms. The minimum Gasteiger partial charge on any atom is -0.469 e. The average Bonchev–Trinajstić information content (AvgIpc) is 2.11. The number of hydrogen-bond acceptors (Lipinski definition) is 4. The number of rotatable bonds is 3. The molecule has 0 unspecified atom stereocenters. The Kier molecular flexibility index (Phi) is 4.83. The van der Waals surface area contributed by atoms with Gasteiger partial charge in [0.05, 0.1) is 20.6 Å². The van der Waals surface area contributed by atoms with E-state index in [4.69, 9.17) is 0 Å². The monoisotopic (exact) mass is 175 g/mol. The summed E-state index contributed by atoms with van der Waals surface area (Å²) < 4.78 is 8.81. The van der Waals surface area contributed by atoms with Crippen LogP contribution < -0.4 is 0 Å². The van der Waals surface area contributed by atoms with Crippen molar-refractivity contribution in [2.24, 2.45) is 0 Å². The fraction of sp³-hybridized carbons (Fsp3) is 0.714. The van der Waals surface area contributed by atoms with E-state index in [0.29, 0.717) is 6.54 Å². The Balaban J connectivity index is 3.63. The summed E-state index contributed by atoms with van der Waals surface area (Å²) >= 11 is 0. The van der Waals surface area contributed by atoms with Gasteiger partial charge in [0.1, 0.15) is 0 Å². The van der Waals surface area contributed by atoms with Gasteiger partial charge in [0, 0.05) is 13.6 Å². The predicted octanol–water partition coefficient (Wildman–Crippen LogP) is 0.248. The Morgan fingerprint density at radius 1 is 1.25 bits per heavy atom. The highest BCUT2D eigenvalue weighted by Crippen LogP contribution is 1.92. The van der Waals surface area contributed by atoms with Gasteiger partial charge >= 0.3 is 12.1 Å². The maximum absolute atomic E-state index is 10.8. The van der Waals surface area contributed by atoms with E-state index in [0.717, 1.165) is 0 Å². The van der Waals surface area contributed by atoms with Crippen molar-refractivity contribution in [3.05, 3.63) is 0 Å². The van der Waals surface area contributed by atoms with Crippen molar-refractivity contribution in [2.45, 2.75) is 6.42 Å². The van der Waals surface area contributed by atoms with Gasteiger partial charge in [-0.05, 0) is 0 Å². The number of carbonyl (C=O) groups is 2.